The SMILES string of the molecule is CCC(Cc1ccccc1Cl)SC(F)(F)F. The van der Waals surface area contributed by atoms with E-state index in [4.69, 9.17) is 11.6 Å². The fourth-order valence-corrected chi connectivity index (χ4v) is 2.39. The van der Waals surface area contributed by atoms with E-state index in [0.29, 0.717) is 17.9 Å². The Hall–Kier alpha value is -0.350. The molecule has 0 heterocycles. The molecule has 0 spiro atoms. The number of rotatable bonds is 4. The van der Waals surface area contributed by atoms with Crippen molar-refractivity contribution in [3.05, 3.63) is 34.9 Å². The van der Waals surface area contributed by atoms with Crippen LogP contribution in [0.4, 0.5) is 13.2 Å². The van der Waals surface area contributed by atoms with Crippen LogP contribution in [0.3, 0.4) is 0 Å². The minimum atomic E-state index is -4.18. The van der Waals surface area contributed by atoms with Gasteiger partial charge in [-0.05, 0) is 36.2 Å². The highest BCUT2D eigenvalue weighted by Gasteiger charge is 2.32. The van der Waals surface area contributed by atoms with E-state index in [1.54, 1.807) is 31.2 Å². The van der Waals surface area contributed by atoms with Crippen LogP contribution in [-0.4, -0.2) is 10.8 Å². The summed E-state index contributed by atoms with van der Waals surface area (Å²) in [5.41, 5.74) is -3.41. The highest BCUT2D eigenvalue weighted by atomic mass is 35.5. The van der Waals surface area contributed by atoms with Crippen molar-refractivity contribution < 1.29 is 13.2 Å². The van der Waals surface area contributed by atoms with Gasteiger partial charge in [-0.3, -0.25) is 0 Å². The average Bonchev–Trinajstić information content (AvgIpc) is 2.18. The van der Waals surface area contributed by atoms with Crippen molar-refractivity contribution in [2.75, 3.05) is 0 Å². The van der Waals surface area contributed by atoms with Gasteiger partial charge >= 0.3 is 5.51 Å². The van der Waals surface area contributed by atoms with Crippen molar-refractivity contribution >= 4 is 23.4 Å². The molecule has 16 heavy (non-hydrogen) atoms. The molecular formula is C11H12ClF3S. The maximum Gasteiger partial charge on any atom is 0.442 e. The van der Waals surface area contributed by atoms with Gasteiger partial charge < -0.3 is 0 Å². The first-order chi connectivity index (χ1) is 7.42. The van der Waals surface area contributed by atoms with E-state index in [1.807, 2.05) is 0 Å². The molecule has 90 valence electrons. The van der Waals surface area contributed by atoms with Gasteiger partial charge in [0.25, 0.3) is 0 Å². The molecule has 0 N–H and O–H groups in total. The second-order valence-electron chi connectivity index (χ2n) is 3.39. The Bertz CT molecular complexity index is 338. The van der Waals surface area contributed by atoms with Crippen LogP contribution in [0.2, 0.25) is 5.02 Å². The van der Waals surface area contributed by atoms with Crippen LogP contribution in [0.25, 0.3) is 0 Å². The van der Waals surface area contributed by atoms with Crippen LogP contribution >= 0.6 is 23.4 Å². The predicted molar refractivity (Wildman–Crippen MR) is 62.9 cm³/mol. The zero-order valence-corrected chi connectivity index (χ0v) is 10.3. The Balaban J connectivity index is 2.67. The smallest absolute Gasteiger partial charge is 0.160 e. The zero-order valence-electron chi connectivity index (χ0n) is 8.72. The molecule has 0 aliphatic rings. The Morgan fingerprint density at radius 3 is 2.44 bits per heavy atom. The molecule has 0 bridgehead atoms. The molecule has 0 aliphatic heterocycles. The summed E-state index contributed by atoms with van der Waals surface area (Å²) < 4.78 is 36.7. The number of alkyl halides is 3. The first-order valence-electron chi connectivity index (χ1n) is 4.90. The lowest BCUT2D eigenvalue weighted by atomic mass is 10.1. The molecule has 0 amide bonds. The minimum Gasteiger partial charge on any atom is -0.160 e. The second-order valence-corrected chi connectivity index (χ2v) is 5.16. The number of benzene rings is 1. The average molecular weight is 269 g/mol. The van der Waals surface area contributed by atoms with E-state index in [9.17, 15) is 13.2 Å². The van der Waals surface area contributed by atoms with Crippen LogP contribution < -0.4 is 0 Å². The van der Waals surface area contributed by atoms with E-state index in [-0.39, 0.29) is 11.8 Å². The standard InChI is InChI=1S/C11H12ClF3S/c1-2-9(16-11(13,14)15)7-8-5-3-4-6-10(8)12/h3-6,9H,2,7H2,1H3. The normalized spacial score (nSPS) is 13.8. The summed E-state index contributed by atoms with van der Waals surface area (Å²) in [6, 6.07) is 7.01. The van der Waals surface area contributed by atoms with Crippen molar-refractivity contribution in [1.29, 1.82) is 0 Å². The summed E-state index contributed by atoms with van der Waals surface area (Å²) in [7, 11) is 0. The Kier molecular flexibility index (Phi) is 4.99. The lowest BCUT2D eigenvalue weighted by molar-refractivity contribution is -0.0334. The van der Waals surface area contributed by atoms with Gasteiger partial charge in [-0.25, -0.2) is 0 Å². The maximum absolute atomic E-state index is 12.2. The monoisotopic (exact) mass is 268 g/mol. The topological polar surface area (TPSA) is 0 Å². The summed E-state index contributed by atoms with van der Waals surface area (Å²) in [5.74, 6) is 0. The highest BCUT2D eigenvalue weighted by molar-refractivity contribution is 8.00. The Morgan fingerprint density at radius 2 is 1.94 bits per heavy atom. The van der Waals surface area contributed by atoms with Crippen LogP contribution in [0.1, 0.15) is 18.9 Å². The van der Waals surface area contributed by atoms with Crippen LogP contribution in [0, 0.1) is 0 Å². The predicted octanol–water partition coefficient (Wildman–Crippen LogP) is 4.91. The first kappa shape index (κ1) is 13.7. The zero-order chi connectivity index (χ0) is 12.2. The van der Waals surface area contributed by atoms with Gasteiger partial charge in [-0.2, -0.15) is 13.2 Å². The van der Waals surface area contributed by atoms with Crippen molar-refractivity contribution in [1.82, 2.24) is 0 Å². The molecular weight excluding hydrogens is 257 g/mol. The van der Waals surface area contributed by atoms with E-state index >= 15 is 0 Å². The van der Waals surface area contributed by atoms with Gasteiger partial charge in [-0.1, -0.05) is 36.7 Å². The molecule has 0 radical (unpaired) electrons. The van der Waals surface area contributed by atoms with Gasteiger partial charge in [0.15, 0.2) is 0 Å². The number of halogens is 4. The molecule has 0 aromatic heterocycles. The van der Waals surface area contributed by atoms with Crippen molar-refractivity contribution in [2.24, 2.45) is 0 Å². The molecule has 1 aromatic carbocycles. The third-order valence-corrected chi connectivity index (χ3v) is 3.63. The molecule has 1 atom stereocenters. The summed E-state index contributed by atoms with van der Waals surface area (Å²) in [6.07, 6.45) is 0.815. The number of hydrogen-bond acceptors (Lipinski definition) is 1. The van der Waals surface area contributed by atoms with Crippen molar-refractivity contribution in [3.63, 3.8) is 0 Å². The Labute approximate surface area is 102 Å². The van der Waals surface area contributed by atoms with Gasteiger partial charge in [0, 0.05) is 10.3 Å². The van der Waals surface area contributed by atoms with Crippen LogP contribution in [0.5, 0.6) is 0 Å². The molecule has 0 fully saturated rings. The maximum atomic E-state index is 12.2. The third-order valence-electron chi connectivity index (χ3n) is 2.16. The summed E-state index contributed by atoms with van der Waals surface area (Å²) in [5, 5.41) is 0.0589. The lowest BCUT2D eigenvalue weighted by Crippen LogP contribution is -2.13. The van der Waals surface area contributed by atoms with Crippen LogP contribution in [-0.2, 0) is 6.42 Å². The highest BCUT2D eigenvalue weighted by Crippen LogP contribution is 2.37. The van der Waals surface area contributed by atoms with Gasteiger partial charge in [0.2, 0.25) is 0 Å². The fraction of sp³-hybridized carbons (Fsp3) is 0.455. The summed E-state index contributed by atoms with van der Waals surface area (Å²) in [6.45, 7) is 1.75. The van der Waals surface area contributed by atoms with Crippen molar-refractivity contribution in [2.45, 2.75) is 30.5 Å². The van der Waals surface area contributed by atoms with E-state index in [0.717, 1.165) is 5.56 Å². The molecule has 0 aliphatic carbocycles. The van der Waals surface area contributed by atoms with Crippen LogP contribution in [0.15, 0.2) is 24.3 Å². The Morgan fingerprint density at radius 1 is 1.31 bits per heavy atom. The molecule has 0 saturated heterocycles. The second kappa shape index (κ2) is 5.82. The molecule has 0 saturated carbocycles. The summed E-state index contributed by atoms with van der Waals surface area (Å²) >= 11 is 5.95. The molecule has 1 unspecified atom stereocenters. The van der Waals surface area contributed by atoms with E-state index in [1.165, 1.54) is 0 Å². The number of hydrogen-bond donors (Lipinski definition) is 0. The minimum absolute atomic E-state index is 0.0468. The van der Waals surface area contributed by atoms with Gasteiger partial charge in [0.1, 0.15) is 0 Å². The van der Waals surface area contributed by atoms with Gasteiger partial charge in [-0.15, -0.1) is 0 Å². The molecule has 0 nitrogen and oxygen atoms in total. The largest absolute Gasteiger partial charge is 0.442 e. The van der Waals surface area contributed by atoms with Crippen molar-refractivity contribution in [3.8, 4) is 0 Å². The third kappa shape index (κ3) is 4.66. The summed E-state index contributed by atoms with van der Waals surface area (Å²) in [4.78, 5) is 0. The van der Waals surface area contributed by atoms with Gasteiger partial charge in [0.05, 0.1) is 0 Å². The fourth-order valence-electron chi connectivity index (χ4n) is 1.37. The molecule has 5 heteroatoms. The van der Waals surface area contributed by atoms with E-state index < -0.39 is 10.8 Å². The number of thioether (sulfide) groups is 1. The first-order valence-corrected chi connectivity index (χ1v) is 6.16. The molecule has 1 rings (SSSR count). The molecule has 1 aromatic rings. The lowest BCUT2D eigenvalue weighted by Gasteiger charge is -2.16. The van der Waals surface area contributed by atoms with E-state index in [2.05, 4.69) is 0 Å². The quantitative estimate of drug-likeness (QED) is 0.747.